The molecule has 36 heavy (non-hydrogen) atoms. The van der Waals surface area contributed by atoms with Crippen LogP contribution in [0, 0.1) is 19.7 Å². The van der Waals surface area contributed by atoms with E-state index in [-0.39, 0.29) is 23.7 Å². The Bertz CT molecular complexity index is 1220. The molecule has 0 N–H and O–H groups in total. The molecular formula is C29H29FN2O4. The topological polar surface area (TPSA) is 66.9 Å². The molecule has 0 bridgehead atoms. The van der Waals surface area contributed by atoms with E-state index >= 15 is 0 Å². The number of aryl methyl sites for hydroxylation is 2. The third-order valence-corrected chi connectivity index (χ3v) is 6.94. The zero-order chi connectivity index (χ0) is 25.7. The van der Waals surface area contributed by atoms with Crippen molar-refractivity contribution in [1.29, 1.82) is 0 Å². The third-order valence-electron chi connectivity index (χ3n) is 6.94. The van der Waals surface area contributed by atoms with Gasteiger partial charge in [-0.25, -0.2) is 9.18 Å². The molecule has 1 amide bonds. The fourth-order valence-corrected chi connectivity index (χ4v) is 5.28. The Morgan fingerprint density at radius 1 is 0.944 bits per heavy atom. The fraction of sp³-hybridized carbons (Fsp3) is 0.310. The molecule has 0 radical (unpaired) electrons. The lowest BCUT2D eigenvalue weighted by molar-refractivity contribution is -0.191. The lowest BCUT2D eigenvalue weighted by atomic mass is 9.90. The van der Waals surface area contributed by atoms with Crippen LogP contribution in [0.4, 0.5) is 14.9 Å². The molecule has 2 fully saturated rings. The number of piperidine rings is 1. The number of hydrogen-bond donors (Lipinski definition) is 0. The number of benzene rings is 3. The number of nitrogens with zero attached hydrogens (tertiary/aromatic N) is 2. The molecule has 2 heterocycles. The van der Waals surface area contributed by atoms with E-state index in [0.29, 0.717) is 6.54 Å². The molecule has 186 valence electrons. The molecule has 0 aromatic heterocycles. The van der Waals surface area contributed by atoms with Gasteiger partial charge in [0.05, 0.1) is 6.54 Å². The van der Waals surface area contributed by atoms with Crippen molar-refractivity contribution in [3.05, 3.63) is 89.2 Å². The fourth-order valence-electron chi connectivity index (χ4n) is 5.28. The first-order valence-electron chi connectivity index (χ1n) is 12.0. The minimum atomic E-state index is -0.387. The maximum absolute atomic E-state index is 13.3. The van der Waals surface area contributed by atoms with Gasteiger partial charge in [0.1, 0.15) is 11.4 Å². The molecule has 2 aliphatic rings. The molecule has 3 aromatic carbocycles. The summed E-state index contributed by atoms with van der Waals surface area (Å²) >= 11 is 0. The van der Waals surface area contributed by atoms with Crippen molar-refractivity contribution in [3.8, 4) is 11.1 Å². The van der Waals surface area contributed by atoms with Crippen LogP contribution in [0.5, 0.6) is 0 Å². The second-order valence-corrected chi connectivity index (χ2v) is 9.44. The zero-order valence-electron chi connectivity index (χ0n) is 20.5. The highest BCUT2D eigenvalue weighted by Gasteiger charge is 2.47. The van der Waals surface area contributed by atoms with Gasteiger partial charge in [0.15, 0.2) is 0 Å². The van der Waals surface area contributed by atoms with E-state index in [1.165, 1.54) is 34.4 Å². The Kier molecular flexibility index (Phi) is 7.63. The van der Waals surface area contributed by atoms with Crippen LogP contribution in [0.2, 0.25) is 0 Å². The molecule has 7 heteroatoms. The molecule has 2 aliphatic heterocycles. The second-order valence-electron chi connectivity index (χ2n) is 9.44. The lowest BCUT2D eigenvalue weighted by Crippen LogP contribution is -2.46. The SMILES string of the molecule is Cc1cc(CN2CCC3(CC2)CN(c2ccccc2)C(=O)O3)cc(C)c1-c1ccc(F)cc1.O=C=O. The highest BCUT2D eigenvalue weighted by molar-refractivity contribution is 5.90. The van der Waals surface area contributed by atoms with Crippen molar-refractivity contribution in [1.82, 2.24) is 4.90 Å². The number of hydrogen-bond acceptors (Lipinski definition) is 5. The molecular weight excluding hydrogens is 459 g/mol. The van der Waals surface area contributed by atoms with Crippen LogP contribution in [0.15, 0.2) is 66.7 Å². The summed E-state index contributed by atoms with van der Waals surface area (Å²) in [7, 11) is 0. The highest BCUT2D eigenvalue weighted by Crippen LogP contribution is 2.36. The Hall–Kier alpha value is -3.80. The van der Waals surface area contributed by atoms with Gasteiger partial charge >= 0.3 is 12.2 Å². The van der Waals surface area contributed by atoms with Gasteiger partial charge in [0, 0.05) is 38.2 Å². The summed E-state index contributed by atoms with van der Waals surface area (Å²) < 4.78 is 19.2. The van der Waals surface area contributed by atoms with Crippen molar-refractivity contribution in [2.45, 2.75) is 38.8 Å². The van der Waals surface area contributed by atoms with Crippen LogP contribution in [0.25, 0.3) is 11.1 Å². The maximum atomic E-state index is 13.3. The summed E-state index contributed by atoms with van der Waals surface area (Å²) in [4.78, 5) is 33.0. The Morgan fingerprint density at radius 2 is 1.53 bits per heavy atom. The number of likely N-dealkylation sites (tertiary alicyclic amines) is 1. The minimum absolute atomic E-state index is 0.214. The van der Waals surface area contributed by atoms with Crippen molar-refractivity contribution >= 4 is 17.9 Å². The molecule has 3 aromatic rings. The van der Waals surface area contributed by atoms with E-state index in [1.807, 2.05) is 42.5 Å². The monoisotopic (exact) mass is 488 g/mol. The van der Waals surface area contributed by atoms with Gasteiger partial charge in [-0.05, 0) is 65.9 Å². The van der Waals surface area contributed by atoms with Gasteiger partial charge in [-0.15, -0.1) is 0 Å². The third kappa shape index (κ3) is 5.54. The van der Waals surface area contributed by atoms with Crippen LogP contribution in [-0.4, -0.2) is 42.4 Å². The standard InChI is InChI=1S/C28H29FN2O2.CO2/c1-20-16-22(17-21(2)26(20)23-8-10-24(29)11-9-23)18-30-14-12-28(13-15-30)19-31(27(32)33-28)25-6-4-3-5-7-25;2-1-3/h3-11,16-17H,12-15,18-19H2,1-2H3;. The minimum Gasteiger partial charge on any atom is -0.441 e. The summed E-state index contributed by atoms with van der Waals surface area (Å²) in [6.07, 6.45) is 1.69. The van der Waals surface area contributed by atoms with Gasteiger partial charge in [-0.3, -0.25) is 9.80 Å². The van der Waals surface area contributed by atoms with Gasteiger partial charge in [0.25, 0.3) is 0 Å². The van der Waals surface area contributed by atoms with Gasteiger partial charge in [-0.1, -0.05) is 42.5 Å². The Morgan fingerprint density at radius 3 is 2.11 bits per heavy atom. The number of rotatable bonds is 4. The Labute approximate surface area is 210 Å². The van der Waals surface area contributed by atoms with Gasteiger partial charge in [-0.2, -0.15) is 9.59 Å². The number of anilines is 1. The number of amides is 1. The maximum Gasteiger partial charge on any atom is 0.415 e. The molecule has 0 saturated carbocycles. The predicted molar refractivity (Wildman–Crippen MR) is 134 cm³/mol. The first-order chi connectivity index (χ1) is 17.3. The molecule has 0 atom stereocenters. The van der Waals surface area contributed by atoms with Crippen molar-refractivity contribution in [3.63, 3.8) is 0 Å². The summed E-state index contributed by atoms with van der Waals surface area (Å²) in [5.74, 6) is -0.214. The van der Waals surface area contributed by atoms with Crippen LogP contribution >= 0.6 is 0 Å². The normalized spacial score (nSPS) is 16.8. The average molecular weight is 489 g/mol. The van der Waals surface area contributed by atoms with E-state index in [1.54, 1.807) is 4.90 Å². The average Bonchev–Trinajstić information content (AvgIpc) is 3.18. The number of carbonyl (C=O) groups is 1. The largest absolute Gasteiger partial charge is 0.441 e. The molecule has 1 spiro atoms. The molecule has 6 nitrogen and oxygen atoms in total. The van der Waals surface area contributed by atoms with E-state index in [0.717, 1.165) is 43.7 Å². The molecule has 5 rings (SSSR count). The van der Waals surface area contributed by atoms with Crippen molar-refractivity contribution < 1.29 is 23.5 Å². The number of carbonyl (C=O) groups excluding carboxylic acids is 3. The van der Waals surface area contributed by atoms with E-state index in [2.05, 4.69) is 30.9 Å². The van der Waals surface area contributed by atoms with E-state index in [9.17, 15) is 9.18 Å². The van der Waals surface area contributed by atoms with Crippen LogP contribution in [-0.2, 0) is 20.9 Å². The first kappa shape index (κ1) is 25.3. The molecule has 2 saturated heterocycles. The quantitative estimate of drug-likeness (QED) is 0.484. The number of ether oxygens (including phenoxy) is 1. The summed E-state index contributed by atoms with van der Waals surface area (Å²) in [5.41, 5.74) is 6.41. The Balaban J connectivity index is 0.000000967. The number of halogens is 1. The van der Waals surface area contributed by atoms with Crippen molar-refractivity contribution in [2.24, 2.45) is 0 Å². The van der Waals surface area contributed by atoms with E-state index in [4.69, 9.17) is 14.3 Å². The van der Waals surface area contributed by atoms with Gasteiger partial charge in [0.2, 0.25) is 0 Å². The van der Waals surface area contributed by atoms with Crippen molar-refractivity contribution in [2.75, 3.05) is 24.5 Å². The predicted octanol–water partition coefficient (Wildman–Crippen LogP) is 5.52. The number of para-hydroxylation sites is 1. The smallest absolute Gasteiger partial charge is 0.415 e. The summed E-state index contributed by atoms with van der Waals surface area (Å²) in [6, 6.07) is 20.9. The summed E-state index contributed by atoms with van der Waals surface area (Å²) in [5, 5.41) is 0. The first-order valence-corrected chi connectivity index (χ1v) is 12.0. The van der Waals surface area contributed by atoms with Crippen LogP contribution < -0.4 is 4.90 Å². The van der Waals surface area contributed by atoms with Crippen LogP contribution in [0.3, 0.4) is 0 Å². The second kappa shape index (κ2) is 10.9. The zero-order valence-corrected chi connectivity index (χ0v) is 20.5. The molecule has 0 unspecified atom stereocenters. The van der Waals surface area contributed by atoms with Crippen LogP contribution in [0.1, 0.15) is 29.5 Å². The lowest BCUT2D eigenvalue weighted by Gasteiger charge is -2.37. The summed E-state index contributed by atoms with van der Waals surface area (Å²) in [6.45, 7) is 7.53. The highest BCUT2D eigenvalue weighted by atomic mass is 19.1. The van der Waals surface area contributed by atoms with Gasteiger partial charge < -0.3 is 4.74 Å². The van der Waals surface area contributed by atoms with E-state index < -0.39 is 0 Å². The molecule has 0 aliphatic carbocycles.